The molecular weight excluding hydrogens is 316 g/mol. The second-order valence-corrected chi connectivity index (χ2v) is 8.59. The van der Waals surface area contributed by atoms with Crippen molar-refractivity contribution in [2.75, 3.05) is 16.8 Å². The van der Waals surface area contributed by atoms with Gasteiger partial charge in [-0.2, -0.15) is 0 Å². The van der Waals surface area contributed by atoms with Crippen molar-refractivity contribution in [3.05, 3.63) is 17.8 Å². The van der Waals surface area contributed by atoms with Crippen molar-refractivity contribution in [1.29, 1.82) is 0 Å². The maximum atomic E-state index is 12.1. The molecule has 2 N–H and O–H groups in total. The van der Waals surface area contributed by atoms with Gasteiger partial charge in [0.05, 0.1) is 11.5 Å². The molecule has 1 atom stereocenters. The van der Waals surface area contributed by atoms with Crippen LogP contribution < -0.4 is 10.6 Å². The molecule has 0 bridgehead atoms. The first-order valence-corrected chi connectivity index (χ1v) is 9.95. The van der Waals surface area contributed by atoms with Gasteiger partial charge in [-0.1, -0.05) is 19.3 Å². The summed E-state index contributed by atoms with van der Waals surface area (Å²) in [6.45, 7) is 0. The predicted octanol–water partition coefficient (Wildman–Crippen LogP) is 1.14. The number of nitrogens with zero attached hydrogens (tertiary/aromatic N) is 2. The van der Waals surface area contributed by atoms with Crippen molar-refractivity contribution in [3.8, 4) is 0 Å². The molecule has 2 aliphatic rings. The second kappa shape index (κ2) is 6.82. The van der Waals surface area contributed by atoms with Gasteiger partial charge in [-0.25, -0.2) is 8.42 Å². The first-order valence-electron chi connectivity index (χ1n) is 8.13. The van der Waals surface area contributed by atoms with Crippen LogP contribution in [0.1, 0.15) is 49.0 Å². The molecule has 1 unspecified atom stereocenters. The minimum Gasteiger partial charge on any atom is -0.365 e. The molecule has 1 aliphatic carbocycles. The van der Waals surface area contributed by atoms with Crippen molar-refractivity contribution in [1.82, 2.24) is 15.5 Å². The molecule has 126 valence electrons. The van der Waals surface area contributed by atoms with E-state index in [0.29, 0.717) is 17.9 Å². The van der Waals surface area contributed by atoms with Crippen LogP contribution in [0.5, 0.6) is 0 Å². The van der Waals surface area contributed by atoms with Gasteiger partial charge in [-0.15, -0.1) is 10.2 Å². The Bertz CT molecular complexity index is 654. The Morgan fingerprint density at radius 3 is 2.43 bits per heavy atom. The summed E-state index contributed by atoms with van der Waals surface area (Å²) < 4.78 is 22.9. The molecule has 1 aliphatic heterocycles. The van der Waals surface area contributed by atoms with E-state index < -0.39 is 9.84 Å². The molecule has 1 saturated heterocycles. The zero-order valence-corrected chi connectivity index (χ0v) is 13.8. The summed E-state index contributed by atoms with van der Waals surface area (Å²) in [5.41, 5.74) is 0.292. The van der Waals surface area contributed by atoms with Gasteiger partial charge in [0.25, 0.3) is 5.91 Å². The summed E-state index contributed by atoms with van der Waals surface area (Å²) >= 11 is 0. The summed E-state index contributed by atoms with van der Waals surface area (Å²) in [4.78, 5) is 12.1. The largest absolute Gasteiger partial charge is 0.365 e. The fourth-order valence-electron chi connectivity index (χ4n) is 3.15. The lowest BCUT2D eigenvalue weighted by Gasteiger charge is -2.22. The van der Waals surface area contributed by atoms with Crippen LogP contribution in [-0.4, -0.2) is 48.1 Å². The van der Waals surface area contributed by atoms with E-state index in [1.54, 1.807) is 12.1 Å². The van der Waals surface area contributed by atoms with Crippen molar-refractivity contribution < 1.29 is 13.2 Å². The second-order valence-electron chi connectivity index (χ2n) is 6.36. The van der Waals surface area contributed by atoms with E-state index in [4.69, 9.17) is 0 Å². The minimum absolute atomic E-state index is 0.124. The zero-order chi connectivity index (χ0) is 16.3. The number of carbonyl (C=O) groups is 1. The maximum absolute atomic E-state index is 12.1. The number of sulfone groups is 1. The minimum atomic E-state index is -2.93. The normalized spacial score (nSPS) is 24.3. The molecule has 7 nitrogen and oxygen atoms in total. The molecular formula is C15H22N4O3S. The molecule has 1 aromatic heterocycles. The lowest BCUT2D eigenvalue weighted by molar-refractivity contribution is 0.0921. The summed E-state index contributed by atoms with van der Waals surface area (Å²) in [7, 11) is -2.93. The molecule has 23 heavy (non-hydrogen) atoms. The molecule has 1 amide bonds. The highest BCUT2D eigenvalue weighted by Crippen LogP contribution is 2.18. The number of aromatic nitrogens is 2. The Balaban J connectivity index is 1.55. The van der Waals surface area contributed by atoms with Crippen LogP contribution in [0.2, 0.25) is 0 Å². The van der Waals surface area contributed by atoms with Gasteiger partial charge in [0.15, 0.2) is 15.5 Å². The SMILES string of the molecule is O=C(NC1CCCCC1)c1ccc(NC2CCS(=O)(=O)C2)nn1. The molecule has 0 spiro atoms. The van der Waals surface area contributed by atoms with Gasteiger partial charge in [-0.05, 0) is 31.4 Å². The van der Waals surface area contributed by atoms with E-state index in [0.717, 1.165) is 25.7 Å². The molecule has 2 heterocycles. The quantitative estimate of drug-likeness (QED) is 0.854. The first-order chi connectivity index (χ1) is 11.0. The fraction of sp³-hybridized carbons (Fsp3) is 0.667. The number of anilines is 1. The summed E-state index contributed by atoms with van der Waals surface area (Å²) in [6.07, 6.45) is 6.18. The molecule has 0 radical (unpaired) electrons. The van der Waals surface area contributed by atoms with Crippen LogP contribution in [0.4, 0.5) is 5.82 Å². The molecule has 1 aromatic rings. The van der Waals surface area contributed by atoms with Gasteiger partial charge < -0.3 is 10.6 Å². The molecule has 3 rings (SSSR count). The topological polar surface area (TPSA) is 101 Å². The van der Waals surface area contributed by atoms with E-state index in [-0.39, 0.29) is 29.5 Å². The van der Waals surface area contributed by atoms with E-state index in [1.807, 2.05) is 0 Å². The third-order valence-corrected chi connectivity index (χ3v) is 6.19. The highest BCUT2D eigenvalue weighted by molar-refractivity contribution is 7.91. The van der Waals surface area contributed by atoms with Crippen LogP contribution >= 0.6 is 0 Å². The molecule has 8 heteroatoms. The number of rotatable bonds is 4. The molecule has 1 saturated carbocycles. The van der Waals surface area contributed by atoms with Gasteiger partial charge in [-0.3, -0.25) is 4.79 Å². The first kappa shape index (κ1) is 16.2. The van der Waals surface area contributed by atoms with E-state index in [9.17, 15) is 13.2 Å². The summed E-state index contributed by atoms with van der Waals surface area (Å²) in [6, 6.07) is 3.40. The van der Waals surface area contributed by atoms with E-state index >= 15 is 0 Å². The number of nitrogens with one attached hydrogen (secondary N) is 2. The van der Waals surface area contributed by atoms with Gasteiger partial charge in [0.2, 0.25) is 0 Å². The highest BCUT2D eigenvalue weighted by Gasteiger charge is 2.28. The maximum Gasteiger partial charge on any atom is 0.272 e. The van der Waals surface area contributed by atoms with Gasteiger partial charge >= 0.3 is 0 Å². The average Bonchev–Trinajstić information content (AvgIpc) is 2.88. The number of carbonyl (C=O) groups excluding carboxylic acids is 1. The van der Waals surface area contributed by atoms with Crippen molar-refractivity contribution >= 4 is 21.6 Å². The standard InChI is InChI=1S/C15H22N4O3S/c20-15(17-11-4-2-1-3-5-11)13-6-7-14(19-18-13)16-12-8-9-23(21,22)10-12/h6-7,11-12H,1-5,8-10H2,(H,16,19)(H,17,20). The monoisotopic (exact) mass is 338 g/mol. The Kier molecular flexibility index (Phi) is 4.79. The van der Waals surface area contributed by atoms with Gasteiger partial charge in [0, 0.05) is 12.1 Å². The van der Waals surface area contributed by atoms with E-state index in [2.05, 4.69) is 20.8 Å². The number of hydrogen-bond donors (Lipinski definition) is 2. The fourth-order valence-corrected chi connectivity index (χ4v) is 4.83. The zero-order valence-electron chi connectivity index (χ0n) is 13.0. The predicted molar refractivity (Wildman–Crippen MR) is 87.1 cm³/mol. The van der Waals surface area contributed by atoms with Crippen molar-refractivity contribution in [2.24, 2.45) is 0 Å². The van der Waals surface area contributed by atoms with Crippen molar-refractivity contribution in [3.63, 3.8) is 0 Å². The summed E-state index contributed by atoms with van der Waals surface area (Å²) in [5.74, 6) is 0.638. The lowest BCUT2D eigenvalue weighted by atomic mass is 9.95. The number of hydrogen-bond acceptors (Lipinski definition) is 6. The molecule has 0 aromatic carbocycles. The highest BCUT2D eigenvalue weighted by atomic mass is 32.2. The van der Waals surface area contributed by atoms with Crippen LogP contribution in [0.3, 0.4) is 0 Å². The third-order valence-electron chi connectivity index (χ3n) is 4.42. The Morgan fingerprint density at radius 2 is 1.83 bits per heavy atom. The molecule has 2 fully saturated rings. The average molecular weight is 338 g/mol. The summed E-state index contributed by atoms with van der Waals surface area (Å²) in [5, 5.41) is 14.0. The smallest absolute Gasteiger partial charge is 0.272 e. The van der Waals surface area contributed by atoms with Crippen LogP contribution in [0, 0.1) is 0 Å². The number of amides is 1. The Labute approximate surface area is 136 Å². The Morgan fingerprint density at radius 1 is 1.04 bits per heavy atom. The van der Waals surface area contributed by atoms with E-state index in [1.165, 1.54) is 6.42 Å². The Hall–Kier alpha value is -1.70. The third kappa shape index (κ3) is 4.40. The van der Waals surface area contributed by atoms with Gasteiger partial charge in [0.1, 0.15) is 5.82 Å². The lowest BCUT2D eigenvalue weighted by Crippen LogP contribution is -2.36. The van der Waals surface area contributed by atoms with Crippen molar-refractivity contribution in [2.45, 2.75) is 50.6 Å². The van der Waals surface area contributed by atoms with Crippen LogP contribution in [0.15, 0.2) is 12.1 Å². The van der Waals surface area contributed by atoms with Crippen LogP contribution in [-0.2, 0) is 9.84 Å². The van der Waals surface area contributed by atoms with Crippen LogP contribution in [0.25, 0.3) is 0 Å².